The van der Waals surface area contributed by atoms with Crippen LogP contribution in [-0.4, -0.2) is 112 Å². The zero-order chi connectivity index (χ0) is 30.2. The molecule has 234 valence electrons. The Hall–Kier alpha value is -3.01. The number of benzene rings is 1. The van der Waals surface area contributed by atoms with Crippen LogP contribution in [0.2, 0.25) is 0 Å². The predicted molar refractivity (Wildman–Crippen MR) is 172 cm³/mol. The summed E-state index contributed by atoms with van der Waals surface area (Å²) in [7, 11) is 4.11. The van der Waals surface area contributed by atoms with Gasteiger partial charge in [0.2, 0.25) is 0 Å². The maximum absolute atomic E-state index is 13.9. The molecule has 0 saturated carbocycles. The van der Waals surface area contributed by atoms with Crippen LogP contribution in [-0.2, 0) is 19.4 Å². The molecule has 2 aromatic heterocycles. The number of amides is 1. The van der Waals surface area contributed by atoms with E-state index in [0.29, 0.717) is 18.5 Å². The van der Waals surface area contributed by atoms with Crippen molar-refractivity contribution in [2.45, 2.75) is 52.5 Å². The molecule has 0 aliphatic carbocycles. The smallest absolute Gasteiger partial charge is 0.253 e. The second-order valence-corrected chi connectivity index (χ2v) is 13.8. The van der Waals surface area contributed by atoms with Gasteiger partial charge < -0.3 is 24.7 Å². The Balaban J connectivity index is 1.20. The van der Waals surface area contributed by atoms with Gasteiger partial charge in [-0.3, -0.25) is 9.69 Å². The third-order valence-corrected chi connectivity index (χ3v) is 9.32. The molecule has 0 atom stereocenters. The van der Waals surface area contributed by atoms with Crippen LogP contribution in [0.25, 0.3) is 0 Å². The van der Waals surface area contributed by atoms with Gasteiger partial charge in [-0.15, -0.1) is 0 Å². The second kappa shape index (κ2) is 14.6. The number of hydrogen-bond acceptors (Lipinski definition) is 6. The molecule has 1 spiro atoms. The van der Waals surface area contributed by atoms with Gasteiger partial charge in [0.15, 0.2) is 0 Å². The molecule has 0 radical (unpaired) electrons. The van der Waals surface area contributed by atoms with Crippen molar-refractivity contribution >= 4 is 5.91 Å². The first-order valence-corrected chi connectivity index (χ1v) is 16.2. The summed E-state index contributed by atoms with van der Waals surface area (Å²) in [6.07, 6.45) is 12.8. The fourth-order valence-corrected chi connectivity index (χ4v) is 6.97. The maximum Gasteiger partial charge on any atom is 0.253 e. The van der Waals surface area contributed by atoms with E-state index in [9.17, 15) is 4.79 Å². The lowest BCUT2D eigenvalue weighted by Crippen LogP contribution is -2.42. The summed E-state index contributed by atoms with van der Waals surface area (Å²) >= 11 is 0. The van der Waals surface area contributed by atoms with Gasteiger partial charge in [0.1, 0.15) is 11.6 Å². The minimum absolute atomic E-state index is 0.0885. The number of carbonyl (C=O) groups excluding carboxylic acids is 1. The molecule has 3 aromatic rings. The zero-order valence-electron chi connectivity index (χ0n) is 26.8. The number of aromatic nitrogens is 4. The van der Waals surface area contributed by atoms with Crippen molar-refractivity contribution in [2.75, 3.05) is 66.5 Å². The molecule has 9 heteroatoms. The van der Waals surface area contributed by atoms with Gasteiger partial charge in [0.25, 0.3) is 5.91 Å². The van der Waals surface area contributed by atoms with Gasteiger partial charge in [0, 0.05) is 82.5 Å². The van der Waals surface area contributed by atoms with Gasteiger partial charge in [-0.25, -0.2) is 9.97 Å². The van der Waals surface area contributed by atoms with Crippen LogP contribution >= 0.6 is 0 Å². The summed E-state index contributed by atoms with van der Waals surface area (Å²) in [4.78, 5) is 38.7. The Morgan fingerprint density at radius 3 is 2.05 bits per heavy atom. The van der Waals surface area contributed by atoms with Crippen LogP contribution in [0, 0.1) is 17.3 Å². The normalized spacial score (nSPS) is 17.6. The number of imidazole rings is 2. The lowest BCUT2D eigenvalue weighted by Gasteiger charge is -2.40. The highest BCUT2D eigenvalue weighted by Gasteiger charge is 2.40. The standard InChI is InChI=1S/C34H52N8O/c1-27(2)23-40-16-9-34(10-17-40)11-18-41(26-34)24-28-5-7-30(8-6-28)33(43)42(20-19-39(3)4)25-29(21-31-35-12-13-36-31)22-32-37-14-15-38-32/h5-8,12-15,27,29H,9-11,16-26H2,1-4H3,(H,35,36)(H,37,38). The Labute approximate surface area is 258 Å². The van der Waals surface area contributed by atoms with Gasteiger partial charge in [-0.05, 0) is 87.9 Å². The first-order valence-electron chi connectivity index (χ1n) is 16.2. The average Bonchev–Trinajstić information content (AvgIpc) is 3.76. The first-order chi connectivity index (χ1) is 20.8. The van der Waals surface area contributed by atoms with Crippen molar-refractivity contribution in [3.63, 3.8) is 0 Å². The Morgan fingerprint density at radius 1 is 0.907 bits per heavy atom. The number of hydrogen-bond donors (Lipinski definition) is 2. The lowest BCUT2D eigenvalue weighted by atomic mass is 9.77. The summed E-state index contributed by atoms with van der Waals surface area (Å²) in [6, 6.07) is 8.39. The van der Waals surface area contributed by atoms with Crippen LogP contribution in [0.4, 0.5) is 0 Å². The van der Waals surface area contributed by atoms with E-state index < -0.39 is 0 Å². The molecular formula is C34H52N8O. The highest BCUT2D eigenvalue weighted by atomic mass is 16.2. The Kier molecular flexibility index (Phi) is 10.7. The Bertz CT molecular complexity index is 1190. The van der Waals surface area contributed by atoms with E-state index in [-0.39, 0.29) is 11.8 Å². The van der Waals surface area contributed by atoms with Crippen molar-refractivity contribution in [3.05, 3.63) is 71.8 Å². The minimum atomic E-state index is 0.0885. The van der Waals surface area contributed by atoms with Crippen LogP contribution < -0.4 is 0 Å². The number of H-pyrrole nitrogens is 2. The monoisotopic (exact) mass is 588 g/mol. The van der Waals surface area contributed by atoms with Gasteiger partial charge >= 0.3 is 0 Å². The van der Waals surface area contributed by atoms with Crippen LogP contribution in [0.15, 0.2) is 49.1 Å². The molecule has 0 bridgehead atoms. The largest absolute Gasteiger partial charge is 0.349 e. The van der Waals surface area contributed by atoms with Crippen LogP contribution in [0.1, 0.15) is 60.7 Å². The third-order valence-electron chi connectivity index (χ3n) is 9.32. The molecule has 9 nitrogen and oxygen atoms in total. The van der Waals surface area contributed by atoms with Gasteiger partial charge in [0.05, 0.1) is 0 Å². The van der Waals surface area contributed by atoms with Crippen LogP contribution in [0.3, 0.4) is 0 Å². The maximum atomic E-state index is 13.9. The summed E-state index contributed by atoms with van der Waals surface area (Å²) in [5, 5.41) is 0. The number of nitrogens with zero attached hydrogens (tertiary/aromatic N) is 6. The number of aromatic amines is 2. The molecule has 5 rings (SSSR count). The molecule has 4 heterocycles. The summed E-state index contributed by atoms with van der Waals surface area (Å²) < 4.78 is 0. The van der Waals surface area contributed by atoms with E-state index >= 15 is 0 Å². The van der Waals surface area contributed by atoms with Gasteiger partial charge in [-0.2, -0.15) is 0 Å². The van der Waals surface area contributed by atoms with Crippen molar-refractivity contribution in [2.24, 2.45) is 17.3 Å². The SMILES string of the molecule is CC(C)CN1CCC2(CC1)CCN(Cc1ccc(C(=O)N(CCN(C)C)CC(Cc3ncc[nH]3)Cc3ncc[nH]3)cc1)C2. The highest BCUT2D eigenvalue weighted by molar-refractivity contribution is 5.94. The molecule has 43 heavy (non-hydrogen) atoms. The van der Waals surface area contributed by atoms with E-state index in [4.69, 9.17) is 0 Å². The van der Waals surface area contributed by atoms with E-state index in [1.165, 1.54) is 57.5 Å². The second-order valence-electron chi connectivity index (χ2n) is 13.8. The van der Waals surface area contributed by atoms with Crippen molar-refractivity contribution < 1.29 is 4.79 Å². The number of rotatable bonds is 14. The van der Waals surface area contributed by atoms with Crippen molar-refractivity contribution in [1.29, 1.82) is 0 Å². The molecule has 0 unspecified atom stereocenters. The first kappa shape index (κ1) is 31.4. The number of likely N-dealkylation sites (tertiary alicyclic amines) is 2. The number of likely N-dealkylation sites (N-methyl/N-ethyl adjacent to an activating group) is 1. The number of piperidine rings is 1. The van der Waals surface area contributed by atoms with Crippen molar-refractivity contribution in [3.8, 4) is 0 Å². The predicted octanol–water partition coefficient (Wildman–Crippen LogP) is 4.18. The lowest BCUT2D eigenvalue weighted by molar-refractivity contribution is 0.0714. The molecule has 1 aromatic carbocycles. The Morgan fingerprint density at radius 2 is 1.51 bits per heavy atom. The number of carbonyl (C=O) groups is 1. The fourth-order valence-electron chi connectivity index (χ4n) is 6.97. The molecule has 2 aliphatic heterocycles. The molecule has 2 aliphatic rings. The third kappa shape index (κ3) is 9.00. The number of nitrogens with one attached hydrogen (secondary N) is 2. The summed E-state index contributed by atoms with van der Waals surface area (Å²) in [5.41, 5.74) is 2.55. The van der Waals surface area contributed by atoms with Gasteiger partial charge in [-0.1, -0.05) is 26.0 Å². The molecule has 2 saturated heterocycles. The topological polar surface area (TPSA) is 87.4 Å². The quantitative estimate of drug-likeness (QED) is 0.294. The average molecular weight is 589 g/mol. The zero-order valence-corrected chi connectivity index (χ0v) is 26.8. The van der Waals surface area contributed by atoms with Crippen LogP contribution in [0.5, 0.6) is 0 Å². The molecular weight excluding hydrogens is 536 g/mol. The fraction of sp³-hybridized carbons (Fsp3) is 0.618. The highest BCUT2D eigenvalue weighted by Crippen LogP contribution is 2.41. The van der Waals surface area contributed by atoms with E-state index in [1.807, 2.05) is 29.4 Å². The molecule has 2 fully saturated rings. The summed E-state index contributed by atoms with van der Waals surface area (Å²) in [5.74, 6) is 2.89. The minimum Gasteiger partial charge on any atom is -0.349 e. The van der Waals surface area contributed by atoms with E-state index in [2.05, 4.69) is 74.7 Å². The van der Waals surface area contributed by atoms with E-state index in [0.717, 1.165) is 49.1 Å². The summed E-state index contributed by atoms with van der Waals surface area (Å²) in [6.45, 7) is 13.8. The molecule has 2 N–H and O–H groups in total. The molecule has 1 amide bonds. The van der Waals surface area contributed by atoms with Crippen molar-refractivity contribution in [1.82, 2.24) is 39.5 Å². The van der Waals surface area contributed by atoms with E-state index in [1.54, 1.807) is 12.4 Å².